The van der Waals surface area contributed by atoms with E-state index in [-0.39, 0.29) is 20.1 Å². The van der Waals surface area contributed by atoms with Crippen LogP contribution in [0.25, 0.3) is 44.6 Å². The number of aromatic nitrogens is 3. The van der Waals surface area contributed by atoms with E-state index < -0.39 is 8.07 Å². The van der Waals surface area contributed by atoms with Crippen molar-refractivity contribution in [3.05, 3.63) is 108 Å². The molecule has 6 heteroatoms. The first-order chi connectivity index (χ1) is 24.7. The Morgan fingerprint density at radius 3 is 2.23 bits per heavy atom. The molecule has 4 heterocycles. The fourth-order valence-electron chi connectivity index (χ4n) is 8.24. The molecule has 273 valence electrons. The van der Waals surface area contributed by atoms with Crippen molar-refractivity contribution in [2.75, 3.05) is 0 Å². The molecule has 0 atom stereocenters. The summed E-state index contributed by atoms with van der Waals surface area (Å²) < 4.78 is 6.33. The molecule has 4 nitrogen and oxygen atoms in total. The molecular formula is C46H53IrN3OSi-2. The van der Waals surface area contributed by atoms with Gasteiger partial charge in [-0.1, -0.05) is 119 Å². The summed E-state index contributed by atoms with van der Waals surface area (Å²) in [6.45, 7) is 11.7. The van der Waals surface area contributed by atoms with E-state index >= 15 is 0 Å². The second kappa shape index (κ2) is 17.1. The largest absolute Gasteiger partial charge is 0.486 e. The Balaban J connectivity index is 0.000000193. The van der Waals surface area contributed by atoms with E-state index in [4.69, 9.17) is 9.40 Å². The predicted molar refractivity (Wildman–Crippen MR) is 215 cm³/mol. The Bertz CT molecular complexity index is 2070. The minimum atomic E-state index is -1.34. The van der Waals surface area contributed by atoms with Crippen LogP contribution >= 0.6 is 0 Å². The summed E-state index contributed by atoms with van der Waals surface area (Å²) in [5.41, 5.74) is 9.62. The third-order valence-corrected chi connectivity index (χ3v) is 12.9. The molecule has 2 aromatic carbocycles. The molecule has 2 aliphatic carbocycles. The van der Waals surface area contributed by atoms with Gasteiger partial charge in [0.1, 0.15) is 0 Å². The van der Waals surface area contributed by atoms with Crippen LogP contribution in [0.3, 0.4) is 0 Å². The van der Waals surface area contributed by atoms with Crippen molar-refractivity contribution < 1.29 is 24.5 Å². The fraction of sp³-hybridized carbons (Fsp3) is 0.413. The van der Waals surface area contributed by atoms with Gasteiger partial charge in [0.2, 0.25) is 5.71 Å². The molecule has 8 rings (SSSR count). The molecule has 52 heavy (non-hydrogen) atoms. The average molecular weight is 884 g/mol. The predicted octanol–water partition coefficient (Wildman–Crippen LogP) is 11.6. The van der Waals surface area contributed by atoms with Crippen molar-refractivity contribution in [1.29, 1.82) is 0 Å². The van der Waals surface area contributed by atoms with Crippen LogP contribution < -0.4 is 5.19 Å². The van der Waals surface area contributed by atoms with Gasteiger partial charge in [-0.25, -0.2) is 4.98 Å². The van der Waals surface area contributed by atoms with Gasteiger partial charge in [0.25, 0.3) is 0 Å². The molecule has 1 radical (unpaired) electrons. The molecule has 2 saturated carbocycles. The Morgan fingerprint density at radius 1 is 0.788 bits per heavy atom. The number of rotatable bonds is 9. The molecular weight excluding hydrogens is 831 g/mol. The number of nitrogens with zero attached hydrogens (tertiary/aromatic N) is 3. The first-order valence-corrected chi connectivity index (χ1v) is 22.9. The van der Waals surface area contributed by atoms with Gasteiger partial charge >= 0.3 is 0 Å². The van der Waals surface area contributed by atoms with E-state index in [1.165, 1.54) is 67.7 Å². The molecule has 0 spiro atoms. The Morgan fingerprint density at radius 2 is 1.54 bits per heavy atom. The number of hydrogen-bond donors (Lipinski definition) is 0. The molecule has 0 amide bonds. The zero-order valence-electron chi connectivity index (χ0n) is 31.6. The third kappa shape index (κ3) is 9.19. The molecule has 4 aromatic heterocycles. The summed E-state index contributed by atoms with van der Waals surface area (Å²) in [6, 6.07) is 29.9. The van der Waals surface area contributed by atoms with Crippen LogP contribution in [0.4, 0.5) is 0 Å². The van der Waals surface area contributed by atoms with Gasteiger partial charge in [-0.3, -0.25) is 0 Å². The van der Waals surface area contributed by atoms with Crippen molar-refractivity contribution in [2.45, 2.75) is 104 Å². The number of furan rings is 1. The number of fused-ring (bicyclic) bond motifs is 3. The smallest absolute Gasteiger partial charge is 0.216 e. The second-order valence-electron chi connectivity index (χ2n) is 16.5. The van der Waals surface area contributed by atoms with Crippen molar-refractivity contribution in [2.24, 2.45) is 17.8 Å². The van der Waals surface area contributed by atoms with Crippen LogP contribution in [-0.4, -0.2) is 23.0 Å². The van der Waals surface area contributed by atoms with Gasteiger partial charge in [-0.15, -0.1) is 54.1 Å². The molecule has 0 saturated heterocycles. The molecule has 0 unspecified atom stereocenters. The van der Waals surface area contributed by atoms with E-state index in [2.05, 4.69) is 104 Å². The van der Waals surface area contributed by atoms with E-state index in [1.807, 2.05) is 30.5 Å². The maximum atomic E-state index is 6.33. The van der Waals surface area contributed by atoms with E-state index in [0.717, 1.165) is 81.4 Å². The SMILES string of the molecule is CC(C)Cc1cc(-c2[c-]cccc2)ncc1[Si](C)(C)C.[Ir].[c-]1ccc2c(oc3nc(CC4CCCC4)ccc32)c1-c1cc(CC2CCCC2)ccn1. The van der Waals surface area contributed by atoms with Gasteiger partial charge in [0, 0.05) is 43.6 Å². The molecule has 2 aliphatic rings. The molecule has 0 aliphatic heterocycles. The van der Waals surface area contributed by atoms with Crippen LogP contribution in [0.5, 0.6) is 0 Å². The van der Waals surface area contributed by atoms with Gasteiger partial charge in [-0.05, 0) is 71.8 Å². The average Bonchev–Trinajstić information content (AvgIpc) is 3.90. The minimum absolute atomic E-state index is 0. The van der Waals surface area contributed by atoms with Crippen LogP contribution in [0.15, 0.2) is 83.5 Å². The maximum Gasteiger partial charge on any atom is 0.216 e. The quantitative estimate of drug-likeness (QED) is 0.107. The van der Waals surface area contributed by atoms with Crippen molar-refractivity contribution in [3.63, 3.8) is 0 Å². The van der Waals surface area contributed by atoms with Gasteiger partial charge in [0.15, 0.2) is 0 Å². The summed E-state index contributed by atoms with van der Waals surface area (Å²) in [5, 5.41) is 3.68. The Hall–Kier alpha value is -3.44. The maximum absolute atomic E-state index is 6.33. The number of pyridine rings is 3. The Labute approximate surface area is 325 Å². The molecule has 0 bridgehead atoms. The third-order valence-electron chi connectivity index (χ3n) is 10.8. The normalized spacial score (nSPS) is 15.3. The zero-order chi connectivity index (χ0) is 35.4. The zero-order valence-corrected chi connectivity index (χ0v) is 35.0. The van der Waals surface area contributed by atoms with E-state index in [1.54, 1.807) is 0 Å². The fourth-order valence-corrected chi connectivity index (χ4v) is 9.83. The van der Waals surface area contributed by atoms with E-state index in [9.17, 15) is 0 Å². The summed E-state index contributed by atoms with van der Waals surface area (Å²) in [7, 11) is -1.34. The monoisotopic (exact) mass is 884 g/mol. The van der Waals surface area contributed by atoms with Crippen LogP contribution in [-0.2, 0) is 39.4 Å². The first kappa shape index (κ1) is 38.3. The van der Waals surface area contributed by atoms with Crippen LogP contribution in [0, 0.1) is 29.9 Å². The van der Waals surface area contributed by atoms with Crippen molar-refractivity contribution >= 4 is 35.3 Å². The van der Waals surface area contributed by atoms with Crippen molar-refractivity contribution in [1.82, 2.24) is 15.0 Å². The summed E-state index contributed by atoms with van der Waals surface area (Å²) in [5.74, 6) is 2.27. The summed E-state index contributed by atoms with van der Waals surface area (Å²) >= 11 is 0. The topological polar surface area (TPSA) is 51.8 Å². The first-order valence-electron chi connectivity index (χ1n) is 19.4. The second-order valence-corrected chi connectivity index (χ2v) is 21.5. The Kier molecular flexibility index (Phi) is 12.6. The van der Waals surface area contributed by atoms with Gasteiger partial charge in [-0.2, -0.15) is 0 Å². The van der Waals surface area contributed by atoms with Crippen molar-refractivity contribution in [3.8, 4) is 22.5 Å². The summed E-state index contributed by atoms with van der Waals surface area (Å²) in [4.78, 5) is 14.3. The van der Waals surface area contributed by atoms with E-state index in [0.29, 0.717) is 5.92 Å². The van der Waals surface area contributed by atoms with Crippen LogP contribution in [0.1, 0.15) is 82.0 Å². The molecule has 6 aromatic rings. The standard InChI is InChI=1S/C28H29N2O.C18H24NSi.Ir/c1-2-7-19(6-1)16-21-14-15-29-26(18-21)25-11-5-10-23-24-13-12-22(17-20-8-3-4-9-20)30-28(24)31-27(23)25;1-14(2)11-16-12-17(15-9-7-6-8-10-15)19-13-18(16)20(3,4)5;/h5,10,12-15,18-20H,1-4,6-9,16-17H2;6-9,12-14H,11H2,1-5H3;/q2*-1;. The number of benzene rings is 2. The summed E-state index contributed by atoms with van der Waals surface area (Å²) in [6.07, 6.45) is 18.3. The molecule has 2 fully saturated rings. The molecule has 0 N–H and O–H groups in total. The minimum Gasteiger partial charge on any atom is -0.486 e. The number of hydrogen-bond acceptors (Lipinski definition) is 4. The van der Waals surface area contributed by atoms with Gasteiger partial charge < -0.3 is 14.4 Å². The van der Waals surface area contributed by atoms with Gasteiger partial charge in [0.05, 0.1) is 13.7 Å². The van der Waals surface area contributed by atoms with Crippen LogP contribution in [0.2, 0.25) is 19.6 Å².